The first-order valence-corrected chi connectivity index (χ1v) is 7.73. The number of hydrogen-bond donors (Lipinski definition) is 0. The van der Waals surface area contributed by atoms with Crippen molar-refractivity contribution in [3.63, 3.8) is 0 Å². The van der Waals surface area contributed by atoms with Crippen LogP contribution >= 0.6 is 7.60 Å². The molecule has 20 heavy (non-hydrogen) atoms. The molecule has 0 aliphatic heterocycles. The molecular weight excluding hydrogens is 273 g/mol. The zero-order valence-electron chi connectivity index (χ0n) is 11.2. The first kappa shape index (κ1) is 13.3. The standard InChI is InChI=1S/C15H14NO3P/c1-18-20(17,19-2)15-11-7-3-5-9-13(11)16-14-10-6-4-8-12(14)15/h3-10H,1-2H3. The Morgan fingerprint density at radius 2 is 1.30 bits per heavy atom. The van der Waals surface area contributed by atoms with Crippen molar-refractivity contribution in [1.29, 1.82) is 0 Å². The van der Waals surface area contributed by atoms with Crippen LogP contribution in [0.5, 0.6) is 0 Å². The van der Waals surface area contributed by atoms with Gasteiger partial charge >= 0.3 is 7.60 Å². The fraction of sp³-hybridized carbons (Fsp3) is 0.133. The highest BCUT2D eigenvalue weighted by atomic mass is 31.2. The molecule has 0 radical (unpaired) electrons. The molecule has 2 aromatic carbocycles. The molecule has 0 fully saturated rings. The molecule has 0 bridgehead atoms. The van der Waals surface area contributed by atoms with Crippen LogP contribution in [0.2, 0.25) is 0 Å². The fourth-order valence-corrected chi connectivity index (χ4v) is 3.85. The largest absolute Gasteiger partial charge is 0.362 e. The normalized spacial score (nSPS) is 12.1. The second-order valence-electron chi connectivity index (χ2n) is 4.36. The van der Waals surface area contributed by atoms with Crippen LogP contribution in [0.15, 0.2) is 48.5 Å². The SMILES string of the molecule is COP(=O)(OC)c1c2ccccc2nc2ccccc12. The number of rotatable bonds is 3. The van der Waals surface area contributed by atoms with Crippen molar-refractivity contribution < 1.29 is 13.6 Å². The van der Waals surface area contributed by atoms with E-state index in [1.54, 1.807) is 0 Å². The van der Waals surface area contributed by atoms with Crippen molar-refractivity contribution in [2.45, 2.75) is 0 Å². The monoisotopic (exact) mass is 287 g/mol. The van der Waals surface area contributed by atoms with Crippen molar-refractivity contribution in [3.8, 4) is 0 Å². The van der Waals surface area contributed by atoms with E-state index in [1.165, 1.54) is 14.2 Å². The van der Waals surface area contributed by atoms with E-state index in [0.717, 1.165) is 21.8 Å². The molecule has 3 rings (SSSR count). The first-order valence-electron chi connectivity index (χ1n) is 6.19. The van der Waals surface area contributed by atoms with Gasteiger partial charge in [0, 0.05) is 25.0 Å². The van der Waals surface area contributed by atoms with E-state index >= 15 is 0 Å². The lowest BCUT2D eigenvalue weighted by molar-refractivity contribution is 0.288. The summed E-state index contributed by atoms with van der Waals surface area (Å²) in [4.78, 5) is 4.59. The van der Waals surface area contributed by atoms with Crippen LogP contribution < -0.4 is 5.30 Å². The van der Waals surface area contributed by atoms with Gasteiger partial charge in [0.15, 0.2) is 0 Å². The molecular formula is C15H14NO3P. The predicted octanol–water partition coefficient (Wildman–Crippen LogP) is 3.50. The average molecular weight is 287 g/mol. The molecule has 1 heterocycles. The summed E-state index contributed by atoms with van der Waals surface area (Å²) in [6.07, 6.45) is 0. The molecule has 0 atom stereocenters. The zero-order chi connectivity index (χ0) is 14.2. The smallest absolute Gasteiger partial charge is 0.309 e. The number of para-hydroxylation sites is 2. The van der Waals surface area contributed by atoms with E-state index < -0.39 is 7.60 Å². The predicted molar refractivity (Wildman–Crippen MR) is 80.5 cm³/mol. The summed E-state index contributed by atoms with van der Waals surface area (Å²) in [5, 5.41) is 2.15. The molecule has 1 aromatic heterocycles. The minimum Gasteiger partial charge on any atom is -0.309 e. The summed E-state index contributed by atoms with van der Waals surface area (Å²) < 4.78 is 23.3. The van der Waals surface area contributed by atoms with Crippen LogP contribution in [0, 0.1) is 0 Å². The maximum Gasteiger partial charge on any atom is 0.362 e. The van der Waals surface area contributed by atoms with Gasteiger partial charge in [-0.3, -0.25) is 4.57 Å². The third kappa shape index (κ3) is 1.93. The summed E-state index contributed by atoms with van der Waals surface area (Å²) in [5.41, 5.74) is 1.55. The van der Waals surface area contributed by atoms with Gasteiger partial charge in [0.25, 0.3) is 0 Å². The van der Waals surface area contributed by atoms with E-state index in [-0.39, 0.29) is 0 Å². The van der Waals surface area contributed by atoms with Gasteiger partial charge in [-0.2, -0.15) is 0 Å². The minimum atomic E-state index is -3.36. The van der Waals surface area contributed by atoms with E-state index in [9.17, 15) is 4.57 Å². The molecule has 102 valence electrons. The summed E-state index contributed by atoms with van der Waals surface area (Å²) >= 11 is 0. The van der Waals surface area contributed by atoms with Crippen LogP contribution in [0.3, 0.4) is 0 Å². The summed E-state index contributed by atoms with van der Waals surface area (Å²) in [5.74, 6) is 0. The van der Waals surface area contributed by atoms with E-state index in [2.05, 4.69) is 4.98 Å². The van der Waals surface area contributed by atoms with Gasteiger partial charge in [-0.1, -0.05) is 36.4 Å². The summed E-state index contributed by atoms with van der Waals surface area (Å²) in [6.45, 7) is 0. The highest BCUT2D eigenvalue weighted by molar-refractivity contribution is 7.63. The Labute approximate surface area is 116 Å². The average Bonchev–Trinajstić information content (AvgIpc) is 2.51. The number of hydrogen-bond acceptors (Lipinski definition) is 4. The van der Waals surface area contributed by atoms with Crippen LogP contribution in [0.25, 0.3) is 21.8 Å². The fourth-order valence-electron chi connectivity index (χ4n) is 2.37. The molecule has 0 amide bonds. The van der Waals surface area contributed by atoms with Gasteiger partial charge in [-0.05, 0) is 12.1 Å². The first-order chi connectivity index (χ1) is 9.69. The van der Waals surface area contributed by atoms with Crippen molar-refractivity contribution in [2.24, 2.45) is 0 Å². The Morgan fingerprint density at radius 1 is 0.850 bits per heavy atom. The molecule has 0 saturated carbocycles. The van der Waals surface area contributed by atoms with Crippen molar-refractivity contribution in [1.82, 2.24) is 4.98 Å². The molecule has 0 aliphatic carbocycles. The molecule has 0 aliphatic rings. The Balaban J connectivity index is 2.55. The van der Waals surface area contributed by atoms with Crippen LogP contribution in [-0.2, 0) is 13.6 Å². The van der Waals surface area contributed by atoms with Crippen molar-refractivity contribution in [2.75, 3.05) is 14.2 Å². The van der Waals surface area contributed by atoms with E-state index in [4.69, 9.17) is 9.05 Å². The lowest BCUT2D eigenvalue weighted by Gasteiger charge is -2.18. The van der Waals surface area contributed by atoms with Gasteiger partial charge in [0.2, 0.25) is 0 Å². The maximum atomic E-state index is 12.9. The number of pyridine rings is 1. The van der Waals surface area contributed by atoms with Gasteiger partial charge < -0.3 is 9.05 Å². The lowest BCUT2D eigenvalue weighted by Crippen LogP contribution is -2.12. The molecule has 5 heteroatoms. The van der Waals surface area contributed by atoms with Crippen molar-refractivity contribution in [3.05, 3.63) is 48.5 Å². The third-order valence-electron chi connectivity index (χ3n) is 3.31. The third-order valence-corrected chi connectivity index (χ3v) is 5.30. The van der Waals surface area contributed by atoms with Crippen molar-refractivity contribution >= 4 is 34.7 Å². The quantitative estimate of drug-likeness (QED) is 0.546. The van der Waals surface area contributed by atoms with Gasteiger partial charge in [0.1, 0.15) is 0 Å². The number of benzene rings is 2. The van der Waals surface area contributed by atoms with Gasteiger partial charge in [0.05, 0.1) is 16.3 Å². The molecule has 3 aromatic rings. The summed E-state index contributed by atoms with van der Waals surface area (Å²) in [7, 11) is -0.570. The molecule has 0 spiro atoms. The molecule has 0 unspecified atom stereocenters. The molecule has 0 saturated heterocycles. The van der Waals surface area contributed by atoms with E-state index in [0.29, 0.717) is 5.30 Å². The summed E-state index contributed by atoms with van der Waals surface area (Å²) in [6, 6.07) is 15.1. The van der Waals surface area contributed by atoms with E-state index in [1.807, 2.05) is 48.5 Å². The number of aromatic nitrogens is 1. The highest BCUT2D eigenvalue weighted by Gasteiger charge is 2.29. The Bertz CT molecular complexity index is 770. The second-order valence-corrected chi connectivity index (χ2v) is 6.53. The topological polar surface area (TPSA) is 48.4 Å². The maximum absolute atomic E-state index is 12.9. The lowest BCUT2D eigenvalue weighted by atomic mass is 10.1. The Morgan fingerprint density at radius 3 is 1.75 bits per heavy atom. The van der Waals surface area contributed by atoms with Crippen LogP contribution in [-0.4, -0.2) is 19.2 Å². The van der Waals surface area contributed by atoms with Gasteiger partial charge in [-0.15, -0.1) is 0 Å². The Kier molecular flexibility index (Phi) is 3.30. The minimum absolute atomic E-state index is 0.573. The Hall–Kier alpha value is -1.74. The number of nitrogens with zero attached hydrogens (tertiary/aromatic N) is 1. The van der Waals surface area contributed by atoms with Gasteiger partial charge in [-0.25, -0.2) is 4.98 Å². The number of fused-ring (bicyclic) bond motifs is 2. The highest BCUT2D eigenvalue weighted by Crippen LogP contribution is 2.48. The van der Waals surface area contributed by atoms with Crippen LogP contribution in [0.1, 0.15) is 0 Å². The second kappa shape index (κ2) is 4.98. The molecule has 0 N–H and O–H groups in total. The zero-order valence-corrected chi connectivity index (χ0v) is 12.1. The van der Waals surface area contributed by atoms with Crippen LogP contribution in [0.4, 0.5) is 0 Å². The molecule has 4 nitrogen and oxygen atoms in total.